The monoisotopic (exact) mass is 434 g/mol. The van der Waals surface area contributed by atoms with E-state index in [-0.39, 0.29) is 13.2 Å². The molecule has 3 rings (SSSR count). The smallest absolute Gasteiger partial charge is 0.147 e. The van der Waals surface area contributed by atoms with Gasteiger partial charge >= 0.3 is 0 Å². The normalized spacial score (nSPS) is 13.9. The largest absolute Gasteiger partial charge is 0.370 e. The van der Waals surface area contributed by atoms with Crippen LogP contribution in [0.1, 0.15) is 29.2 Å². The molecule has 3 atom stereocenters. The number of carbonyl (C=O) groups excluding carboxylic acids is 1. The third-order valence-corrected chi connectivity index (χ3v) is 5.08. The van der Waals surface area contributed by atoms with Crippen LogP contribution in [0.3, 0.4) is 0 Å². The first-order chi connectivity index (χ1) is 15.8. The lowest BCUT2D eigenvalue weighted by Crippen LogP contribution is -2.38. The van der Waals surface area contributed by atoms with Crippen molar-refractivity contribution in [2.24, 2.45) is 0 Å². The van der Waals surface area contributed by atoms with Crippen LogP contribution in [-0.4, -0.2) is 32.4 Å². The molecule has 0 saturated heterocycles. The minimum atomic E-state index is -0.526. The van der Waals surface area contributed by atoms with E-state index in [1.165, 1.54) is 0 Å². The molecule has 0 heterocycles. The van der Waals surface area contributed by atoms with E-state index in [0.29, 0.717) is 13.2 Å². The number of carbonyl (C=O) groups is 1. The Morgan fingerprint density at radius 1 is 0.719 bits per heavy atom. The van der Waals surface area contributed by atoms with Gasteiger partial charge in [0.05, 0.1) is 19.3 Å². The molecule has 0 radical (unpaired) electrons. The summed E-state index contributed by atoms with van der Waals surface area (Å²) in [6, 6.07) is 29.6. The quantitative estimate of drug-likeness (QED) is 0.261. The Morgan fingerprint density at radius 2 is 1.25 bits per heavy atom. The van der Waals surface area contributed by atoms with Crippen molar-refractivity contribution < 1.29 is 23.7 Å². The summed E-state index contributed by atoms with van der Waals surface area (Å²) in [5, 5.41) is 0. The Hall–Kier alpha value is -2.83. The second-order valence-corrected chi connectivity index (χ2v) is 7.40. The van der Waals surface area contributed by atoms with Crippen molar-refractivity contribution in [1.82, 2.24) is 0 Å². The predicted octanol–water partition coefficient (Wildman–Crippen LogP) is 5.11. The highest BCUT2D eigenvalue weighted by Gasteiger charge is 2.33. The van der Waals surface area contributed by atoms with Crippen molar-refractivity contribution in [1.29, 1.82) is 0 Å². The Kier molecular flexibility index (Phi) is 10.1. The Bertz CT molecular complexity index is 886. The van der Waals surface area contributed by atoms with Crippen LogP contribution in [0.15, 0.2) is 91.0 Å². The first-order valence-corrected chi connectivity index (χ1v) is 10.7. The molecule has 5 nitrogen and oxygen atoms in total. The summed E-state index contributed by atoms with van der Waals surface area (Å²) in [7, 11) is 1.58. The summed E-state index contributed by atoms with van der Waals surface area (Å²) in [5.74, 6) is 0. The number of benzene rings is 3. The van der Waals surface area contributed by atoms with Gasteiger partial charge in [-0.15, -0.1) is 0 Å². The summed E-state index contributed by atoms with van der Waals surface area (Å²) in [6.07, 6.45) is -0.445. The molecular formula is C27H30O5. The standard InChI is InChI=1S/C27H30O5/c1-29-21-32-26(24-15-9-4-10-16-24)27(31-20-23-13-7-3-8-14-23)25(17-18-28)30-19-22-11-5-2-6-12-22/h2-16,18,25-27H,17,19-21H2,1H3/t25-,26-,27+/m1/s1. The van der Waals surface area contributed by atoms with Crippen LogP contribution >= 0.6 is 0 Å². The zero-order valence-corrected chi connectivity index (χ0v) is 18.3. The van der Waals surface area contributed by atoms with Crippen LogP contribution in [0, 0.1) is 0 Å². The predicted molar refractivity (Wildman–Crippen MR) is 123 cm³/mol. The zero-order chi connectivity index (χ0) is 22.4. The van der Waals surface area contributed by atoms with Crippen LogP contribution in [0.5, 0.6) is 0 Å². The van der Waals surface area contributed by atoms with Gasteiger partial charge in [0.15, 0.2) is 0 Å². The lowest BCUT2D eigenvalue weighted by atomic mass is 9.98. The van der Waals surface area contributed by atoms with Crippen LogP contribution in [0.2, 0.25) is 0 Å². The van der Waals surface area contributed by atoms with Gasteiger partial charge < -0.3 is 23.7 Å². The maximum atomic E-state index is 11.6. The average Bonchev–Trinajstić information content (AvgIpc) is 2.86. The Labute approximate surface area is 189 Å². The fraction of sp³-hybridized carbons (Fsp3) is 0.296. The number of rotatable bonds is 14. The van der Waals surface area contributed by atoms with E-state index in [4.69, 9.17) is 18.9 Å². The zero-order valence-electron chi connectivity index (χ0n) is 18.3. The fourth-order valence-corrected chi connectivity index (χ4v) is 3.49. The summed E-state index contributed by atoms with van der Waals surface area (Å²) in [5.41, 5.74) is 2.99. The molecule has 0 aromatic heterocycles. The first kappa shape index (κ1) is 23.8. The molecule has 3 aromatic rings. The molecule has 5 heteroatoms. The number of hydrogen-bond donors (Lipinski definition) is 0. The highest BCUT2D eigenvalue weighted by atomic mass is 16.7. The summed E-state index contributed by atoms with van der Waals surface area (Å²) < 4.78 is 23.9. The van der Waals surface area contributed by atoms with Crippen LogP contribution in [0.25, 0.3) is 0 Å². The van der Waals surface area contributed by atoms with E-state index < -0.39 is 18.3 Å². The molecule has 0 N–H and O–H groups in total. The Balaban J connectivity index is 1.86. The molecule has 0 aliphatic heterocycles. The Morgan fingerprint density at radius 3 is 1.78 bits per heavy atom. The van der Waals surface area contributed by atoms with Crippen molar-refractivity contribution in [3.8, 4) is 0 Å². The second kappa shape index (κ2) is 13.6. The van der Waals surface area contributed by atoms with Crippen LogP contribution in [-0.2, 0) is 37.0 Å². The third-order valence-electron chi connectivity index (χ3n) is 5.08. The van der Waals surface area contributed by atoms with E-state index in [9.17, 15) is 4.79 Å². The average molecular weight is 435 g/mol. The molecule has 0 bridgehead atoms. The molecule has 0 amide bonds. The van der Waals surface area contributed by atoms with Crippen molar-refractivity contribution in [3.05, 3.63) is 108 Å². The summed E-state index contributed by atoms with van der Waals surface area (Å²) >= 11 is 0. The molecule has 168 valence electrons. The highest BCUT2D eigenvalue weighted by molar-refractivity contribution is 5.50. The van der Waals surface area contributed by atoms with E-state index in [1.807, 2.05) is 91.0 Å². The number of hydrogen-bond acceptors (Lipinski definition) is 5. The molecule has 0 saturated carbocycles. The topological polar surface area (TPSA) is 54.0 Å². The van der Waals surface area contributed by atoms with E-state index >= 15 is 0 Å². The molecular weight excluding hydrogens is 404 g/mol. The number of ether oxygens (including phenoxy) is 4. The number of aldehydes is 1. The molecule has 0 fully saturated rings. The van der Waals surface area contributed by atoms with Crippen LogP contribution < -0.4 is 0 Å². The lowest BCUT2D eigenvalue weighted by molar-refractivity contribution is -0.177. The maximum Gasteiger partial charge on any atom is 0.147 e. The fourth-order valence-electron chi connectivity index (χ4n) is 3.49. The van der Waals surface area contributed by atoms with Gasteiger partial charge in [0.2, 0.25) is 0 Å². The molecule has 0 aliphatic rings. The van der Waals surface area contributed by atoms with Gasteiger partial charge in [-0.2, -0.15) is 0 Å². The molecule has 0 spiro atoms. The minimum Gasteiger partial charge on any atom is -0.370 e. The second-order valence-electron chi connectivity index (χ2n) is 7.40. The van der Waals surface area contributed by atoms with Gasteiger partial charge in [0.1, 0.15) is 25.3 Å². The minimum absolute atomic E-state index is 0.0945. The van der Waals surface area contributed by atoms with Gasteiger partial charge in [0.25, 0.3) is 0 Å². The maximum absolute atomic E-state index is 11.6. The highest BCUT2D eigenvalue weighted by Crippen LogP contribution is 2.29. The number of methoxy groups -OCH3 is 1. The van der Waals surface area contributed by atoms with Gasteiger partial charge in [-0.3, -0.25) is 0 Å². The van der Waals surface area contributed by atoms with E-state index in [2.05, 4.69) is 0 Å². The molecule has 32 heavy (non-hydrogen) atoms. The van der Waals surface area contributed by atoms with Crippen molar-refractivity contribution in [3.63, 3.8) is 0 Å². The van der Waals surface area contributed by atoms with Gasteiger partial charge in [0, 0.05) is 13.5 Å². The lowest BCUT2D eigenvalue weighted by Gasteiger charge is -2.33. The van der Waals surface area contributed by atoms with E-state index in [0.717, 1.165) is 23.0 Å². The van der Waals surface area contributed by atoms with E-state index in [1.54, 1.807) is 7.11 Å². The van der Waals surface area contributed by atoms with Crippen molar-refractivity contribution in [2.75, 3.05) is 13.9 Å². The van der Waals surface area contributed by atoms with Crippen molar-refractivity contribution in [2.45, 2.75) is 37.9 Å². The van der Waals surface area contributed by atoms with Crippen LogP contribution in [0.4, 0.5) is 0 Å². The summed E-state index contributed by atoms with van der Waals surface area (Å²) in [6.45, 7) is 0.836. The van der Waals surface area contributed by atoms with Gasteiger partial charge in [-0.1, -0.05) is 91.0 Å². The van der Waals surface area contributed by atoms with Gasteiger partial charge in [-0.05, 0) is 16.7 Å². The summed E-state index contributed by atoms with van der Waals surface area (Å²) in [4.78, 5) is 11.6. The van der Waals surface area contributed by atoms with Crippen molar-refractivity contribution >= 4 is 6.29 Å². The first-order valence-electron chi connectivity index (χ1n) is 10.7. The SMILES string of the molecule is COCO[C@H](c1ccccc1)[C@@H](OCc1ccccc1)[C@@H](CC=O)OCc1ccccc1. The van der Waals surface area contributed by atoms with Gasteiger partial charge in [-0.25, -0.2) is 0 Å². The molecule has 0 unspecified atom stereocenters. The molecule has 0 aliphatic carbocycles. The third kappa shape index (κ3) is 7.39. The molecule has 3 aromatic carbocycles.